The van der Waals surface area contributed by atoms with E-state index in [2.05, 4.69) is 30.9 Å². The third-order valence-electron chi connectivity index (χ3n) is 1.18. The van der Waals surface area contributed by atoms with E-state index in [0.717, 1.165) is 14.0 Å². The second kappa shape index (κ2) is 4.17. The predicted octanol–water partition coefficient (Wildman–Crippen LogP) is 2.85. The molecule has 0 radical (unpaired) electrons. The molecule has 0 unspecified atom stereocenters. The highest BCUT2D eigenvalue weighted by atomic mass is 79.9. The molecule has 0 aromatic carbocycles. The van der Waals surface area contributed by atoms with Crippen LogP contribution in [0.3, 0.4) is 0 Å². The van der Waals surface area contributed by atoms with Crippen LogP contribution in [-0.2, 0) is 0 Å². The van der Waals surface area contributed by atoms with Crippen LogP contribution >= 0.6 is 39.0 Å². The predicted molar refractivity (Wildman–Crippen MR) is 56.0 cm³/mol. The molecule has 2 heterocycles. The van der Waals surface area contributed by atoms with Gasteiger partial charge in [-0.3, -0.25) is 0 Å². The van der Waals surface area contributed by atoms with Gasteiger partial charge in [-0.1, -0.05) is 0 Å². The van der Waals surface area contributed by atoms with Gasteiger partial charge in [-0.15, -0.1) is 11.3 Å². The molecule has 0 aliphatic rings. The van der Waals surface area contributed by atoms with Gasteiger partial charge in [-0.2, -0.15) is 0 Å². The molecular weight excluding hydrogens is 270 g/mol. The minimum atomic E-state index is 0.721. The maximum Gasteiger partial charge on any atom is 0.194 e. The smallest absolute Gasteiger partial charge is 0.194 e. The first-order chi connectivity index (χ1) is 6.34. The molecule has 0 N–H and O–H groups in total. The van der Waals surface area contributed by atoms with Gasteiger partial charge in [-0.05, 0) is 27.7 Å². The first-order valence-corrected chi connectivity index (χ1v) is 5.88. The number of rotatable bonds is 2. The highest BCUT2D eigenvalue weighted by molar-refractivity contribution is 9.10. The summed E-state index contributed by atoms with van der Waals surface area (Å²) in [5, 5.41) is 2.65. The van der Waals surface area contributed by atoms with E-state index in [9.17, 15) is 0 Å². The lowest BCUT2D eigenvalue weighted by molar-refractivity contribution is 0.956. The molecule has 0 spiro atoms. The molecule has 0 amide bonds. The average Bonchev–Trinajstić information content (AvgIpc) is 2.62. The lowest BCUT2D eigenvalue weighted by Gasteiger charge is -1.94. The Labute approximate surface area is 91.8 Å². The highest BCUT2D eigenvalue weighted by Gasteiger charge is 2.01. The fraction of sp³-hybridized carbons (Fsp3) is 0. The van der Waals surface area contributed by atoms with E-state index >= 15 is 0 Å². The Morgan fingerprint density at radius 1 is 1.23 bits per heavy atom. The van der Waals surface area contributed by atoms with Crippen molar-refractivity contribution < 1.29 is 0 Å². The molecule has 13 heavy (non-hydrogen) atoms. The summed E-state index contributed by atoms with van der Waals surface area (Å²) in [7, 11) is 0. The molecule has 0 saturated carbocycles. The third kappa shape index (κ3) is 2.49. The first-order valence-electron chi connectivity index (χ1n) is 3.39. The monoisotopic (exact) mass is 273 g/mol. The molecule has 0 aliphatic heterocycles. The van der Waals surface area contributed by atoms with Gasteiger partial charge in [0.15, 0.2) is 9.50 Å². The number of halogens is 1. The second-order valence-corrected chi connectivity index (χ2v) is 5.11. The maximum atomic E-state index is 4.12. The van der Waals surface area contributed by atoms with Gasteiger partial charge in [0.2, 0.25) is 0 Å². The van der Waals surface area contributed by atoms with Crippen molar-refractivity contribution in [2.75, 3.05) is 0 Å². The van der Waals surface area contributed by atoms with E-state index in [1.165, 1.54) is 11.8 Å². The molecule has 6 heteroatoms. The lowest BCUT2D eigenvalue weighted by atomic mass is 10.7. The minimum absolute atomic E-state index is 0.721. The number of hydrogen-bond donors (Lipinski definition) is 0. The van der Waals surface area contributed by atoms with Gasteiger partial charge < -0.3 is 0 Å². The number of thiazole rings is 1. The zero-order chi connectivity index (χ0) is 9.10. The van der Waals surface area contributed by atoms with Crippen LogP contribution in [0.4, 0.5) is 0 Å². The quantitative estimate of drug-likeness (QED) is 0.789. The average molecular weight is 274 g/mol. The number of hydrogen-bond acceptors (Lipinski definition) is 5. The standard InChI is InChI=1S/C7H4BrN3S2/c8-5-3-10-6(11-4-5)13-7-9-1-2-12-7/h1-4H. The van der Waals surface area contributed by atoms with E-state index in [1.807, 2.05) is 5.38 Å². The second-order valence-electron chi connectivity index (χ2n) is 2.08. The first kappa shape index (κ1) is 9.11. The van der Waals surface area contributed by atoms with Crippen LogP contribution < -0.4 is 0 Å². The van der Waals surface area contributed by atoms with Crippen molar-refractivity contribution in [3.8, 4) is 0 Å². The van der Waals surface area contributed by atoms with E-state index in [0.29, 0.717) is 0 Å². The van der Waals surface area contributed by atoms with E-state index in [1.54, 1.807) is 29.9 Å². The third-order valence-corrected chi connectivity index (χ3v) is 3.37. The van der Waals surface area contributed by atoms with Gasteiger partial charge in [0.25, 0.3) is 0 Å². The molecular formula is C7H4BrN3S2. The summed E-state index contributed by atoms with van der Waals surface area (Å²) in [5.74, 6) is 0. The molecule has 0 saturated heterocycles. The summed E-state index contributed by atoms with van der Waals surface area (Å²) in [6.45, 7) is 0. The lowest BCUT2D eigenvalue weighted by Crippen LogP contribution is -1.83. The van der Waals surface area contributed by atoms with Crippen LogP contribution in [0, 0.1) is 0 Å². The van der Waals surface area contributed by atoms with Crippen molar-refractivity contribution >= 4 is 39.0 Å². The summed E-state index contributed by atoms with van der Waals surface area (Å²) in [5.41, 5.74) is 0. The molecule has 0 aliphatic carbocycles. The maximum absolute atomic E-state index is 4.12. The number of aromatic nitrogens is 3. The summed E-state index contributed by atoms with van der Waals surface area (Å²) in [6.07, 6.45) is 5.22. The van der Waals surface area contributed by atoms with Crippen molar-refractivity contribution in [2.24, 2.45) is 0 Å². The zero-order valence-electron chi connectivity index (χ0n) is 6.35. The Hall–Kier alpha value is -0.460. The Bertz CT molecular complexity index is 373. The summed E-state index contributed by atoms with van der Waals surface area (Å²) in [4.78, 5) is 12.4. The van der Waals surface area contributed by atoms with Crippen molar-refractivity contribution in [1.29, 1.82) is 0 Å². The highest BCUT2D eigenvalue weighted by Crippen LogP contribution is 2.25. The topological polar surface area (TPSA) is 38.7 Å². The van der Waals surface area contributed by atoms with Crippen molar-refractivity contribution in [1.82, 2.24) is 15.0 Å². The Kier molecular flexibility index (Phi) is 2.92. The fourth-order valence-corrected chi connectivity index (χ4v) is 2.32. The van der Waals surface area contributed by atoms with E-state index in [4.69, 9.17) is 0 Å². The summed E-state index contributed by atoms with van der Waals surface area (Å²) < 4.78 is 1.85. The van der Waals surface area contributed by atoms with Crippen LogP contribution in [0.1, 0.15) is 0 Å². The van der Waals surface area contributed by atoms with Crippen LogP contribution in [0.5, 0.6) is 0 Å². The molecule has 3 nitrogen and oxygen atoms in total. The Morgan fingerprint density at radius 3 is 2.62 bits per heavy atom. The molecule has 66 valence electrons. The van der Waals surface area contributed by atoms with Gasteiger partial charge in [0.1, 0.15) is 0 Å². The molecule has 2 aromatic rings. The fourth-order valence-electron chi connectivity index (χ4n) is 0.692. The van der Waals surface area contributed by atoms with Crippen molar-refractivity contribution in [3.05, 3.63) is 28.4 Å². The molecule has 0 bridgehead atoms. The summed E-state index contributed by atoms with van der Waals surface area (Å²) in [6, 6.07) is 0. The normalized spacial score (nSPS) is 10.2. The molecule has 0 atom stereocenters. The van der Waals surface area contributed by atoms with Crippen LogP contribution in [-0.4, -0.2) is 15.0 Å². The van der Waals surface area contributed by atoms with Crippen LogP contribution in [0.15, 0.2) is 37.9 Å². The van der Waals surface area contributed by atoms with Crippen molar-refractivity contribution in [3.63, 3.8) is 0 Å². The van der Waals surface area contributed by atoms with Gasteiger partial charge in [0.05, 0.1) is 4.47 Å². The van der Waals surface area contributed by atoms with Gasteiger partial charge >= 0.3 is 0 Å². The van der Waals surface area contributed by atoms with Crippen LogP contribution in [0.2, 0.25) is 0 Å². The van der Waals surface area contributed by atoms with Gasteiger partial charge in [-0.25, -0.2) is 15.0 Å². The zero-order valence-corrected chi connectivity index (χ0v) is 9.56. The summed E-state index contributed by atoms with van der Waals surface area (Å²) >= 11 is 6.33. The van der Waals surface area contributed by atoms with E-state index in [-0.39, 0.29) is 0 Å². The van der Waals surface area contributed by atoms with Crippen LogP contribution in [0.25, 0.3) is 0 Å². The van der Waals surface area contributed by atoms with Crippen molar-refractivity contribution in [2.45, 2.75) is 9.50 Å². The molecule has 2 rings (SSSR count). The number of nitrogens with zero attached hydrogens (tertiary/aromatic N) is 3. The molecule has 2 aromatic heterocycles. The SMILES string of the molecule is Brc1cnc(Sc2nccs2)nc1. The Balaban J connectivity index is 2.15. The molecule has 0 fully saturated rings. The van der Waals surface area contributed by atoms with Gasteiger partial charge in [0, 0.05) is 24.0 Å². The minimum Gasteiger partial charge on any atom is -0.238 e. The van der Waals surface area contributed by atoms with E-state index < -0.39 is 0 Å². The largest absolute Gasteiger partial charge is 0.238 e. The Morgan fingerprint density at radius 2 is 2.00 bits per heavy atom.